The Morgan fingerprint density at radius 3 is 2.36 bits per heavy atom. The van der Waals surface area contributed by atoms with Gasteiger partial charge < -0.3 is 14.5 Å². The van der Waals surface area contributed by atoms with Crippen molar-refractivity contribution < 1.29 is 27.7 Å². The number of nitrogens with zero attached hydrogens (tertiary/aromatic N) is 1. The number of hydrogen-bond donors (Lipinski definition) is 2. The Balaban J connectivity index is 2.92. The van der Waals surface area contributed by atoms with Crippen LogP contribution in [0.3, 0.4) is 0 Å². The summed E-state index contributed by atoms with van der Waals surface area (Å²) in [6.07, 6.45) is -0.235. The molecule has 0 spiro atoms. The van der Waals surface area contributed by atoms with Gasteiger partial charge in [-0.3, -0.25) is 0 Å². The second kappa shape index (κ2) is 3.42. The minimum Gasteiger partial charge on any atom is -0.427 e. The van der Waals surface area contributed by atoms with Gasteiger partial charge in [-0.1, -0.05) is 0 Å². The second-order valence-corrected chi connectivity index (χ2v) is 7.90. The van der Waals surface area contributed by atoms with Crippen LogP contribution in [0.25, 0.3) is 0 Å². The van der Waals surface area contributed by atoms with E-state index in [0.29, 0.717) is 4.67 Å². The molecule has 0 saturated carbocycles. The van der Waals surface area contributed by atoms with E-state index >= 15 is 0 Å². The molecule has 1 aliphatic rings. The summed E-state index contributed by atoms with van der Waals surface area (Å²) in [5.41, 5.74) is -1.38. The molecule has 10 heteroatoms. The summed E-state index contributed by atoms with van der Waals surface area (Å²) in [6, 6.07) is 0. The minimum atomic E-state index is -3.95. The molecule has 82 valence electrons. The highest BCUT2D eigenvalue weighted by molar-refractivity contribution is 8.08. The second-order valence-electron chi connectivity index (χ2n) is 2.74. The van der Waals surface area contributed by atoms with Crippen LogP contribution in [0.4, 0.5) is 4.79 Å². The lowest BCUT2D eigenvalue weighted by atomic mass is 10.7. The Kier molecular flexibility index (Phi) is 2.90. The Morgan fingerprint density at radius 2 is 2.14 bits per heavy atom. The maximum atomic E-state index is 11.0. The number of carbonyl (C=O) groups excluding carboxylic acids is 1. The summed E-state index contributed by atoms with van der Waals surface area (Å²) in [4.78, 5) is 28.9. The zero-order valence-corrected chi connectivity index (χ0v) is 9.55. The first kappa shape index (κ1) is 11.9. The Labute approximate surface area is 85.4 Å². The van der Waals surface area contributed by atoms with Crippen molar-refractivity contribution in [2.75, 3.05) is 12.8 Å². The van der Waals surface area contributed by atoms with E-state index in [1.807, 2.05) is 0 Å². The standard InChI is InChI=1S/C4H8NO6PS2/c1-14(9,10)3-2-5(4(6)11-3)12(7,8)13/h3H,2H2,1H3,(H2,7,8,13). The van der Waals surface area contributed by atoms with Crippen LogP contribution >= 0.6 is 6.64 Å². The predicted molar refractivity (Wildman–Crippen MR) is 50.5 cm³/mol. The Morgan fingerprint density at radius 1 is 1.64 bits per heavy atom. The summed E-state index contributed by atoms with van der Waals surface area (Å²) < 4.78 is 26.8. The molecule has 2 N–H and O–H groups in total. The van der Waals surface area contributed by atoms with Crippen LogP contribution in [-0.4, -0.2) is 47.2 Å². The van der Waals surface area contributed by atoms with Crippen LogP contribution < -0.4 is 0 Å². The number of amides is 1. The summed E-state index contributed by atoms with van der Waals surface area (Å²) >= 11 is 4.25. The fourth-order valence-electron chi connectivity index (χ4n) is 0.862. The van der Waals surface area contributed by atoms with Gasteiger partial charge in [-0.05, 0) is 11.8 Å². The average Bonchev–Trinajstić information content (AvgIpc) is 2.27. The number of sulfone groups is 1. The number of rotatable bonds is 2. The van der Waals surface area contributed by atoms with Crippen LogP contribution in [-0.2, 0) is 26.4 Å². The van der Waals surface area contributed by atoms with E-state index in [-0.39, 0.29) is 0 Å². The van der Waals surface area contributed by atoms with Crippen molar-refractivity contribution in [1.82, 2.24) is 4.67 Å². The molecule has 1 fully saturated rings. The fourth-order valence-corrected chi connectivity index (χ4v) is 2.67. The van der Waals surface area contributed by atoms with Gasteiger partial charge in [0.05, 0.1) is 6.54 Å². The lowest BCUT2D eigenvalue weighted by Gasteiger charge is -2.16. The minimum absolute atomic E-state index is 0.443. The van der Waals surface area contributed by atoms with E-state index in [4.69, 9.17) is 9.79 Å². The van der Waals surface area contributed by atoms with Gasteiger partial charge in [0.2, 0.25) is 5.44 Å². The molecule has 7 nitrogen and oxygen atoms in total. The highest BCUT2D eigenvalue weighted by Gasteiger charge is 2.43. The summed E-state index contributed by atoms with van der Waals surface area (Å²) in [5.74, 6) is 0. The van der Waals surface area contributed by atoms with Gasteiger partial charge in [0.25, 0.3) is 6.64 Å². The maximum absolute atomic E-state index is 11.0. The molecule has 0 radical (unpaired) electrons. The van der Waals surface area contributed by atoms with Crippen molar-refractivity contribution >= 4 is 34.4 Å². The van der Waals surface area contributed by atoms with E-state index in [2.05, 4.69) is 16.5 Å². The van der Waals surface area contributed by atoms with Crippen molar-refractivity contribution in [3.05, 3.63) is 0 Å². The van der Waals surface area contributed by atoms with Gasteiger partial charge in [-0.15, -0.1) is 0 Å². The molecule has 0 aromatic carbocycles. The average molecular weight is 261 g/mol. The third-order valence-corrected chi connectivity index (χ3v) is 4.30. The molecule has 1 atom stereocenters. The third kappa shape index (κ3) is 2.43. The molecule has 1 saturated heterocycles. The van der Waals surface area contributed by atoms with Crippen molar-refractivity contribution in [2.45, 2.75) is 5.44 Å². The normalized spacial score (nSPS) is 23.8. The maximum Gasteiger partial charge on any atom is 0.418 e. The highest BCUT2D eigenvalue weighted by atomic mass is 32.5. The Hall–Kier alpha value is -0.210. The first-order valence-electron chi connectivity index (χ1n) is 3.35. The van der Waals surface area contributed by atoms with Crippen LogP contribution in [0.5, 0.6) is 0 Å². The quantitative estimate of drug-likeness (QED) is 0.615. The van der Waals surface area contributed by atoms with Crippen LogP contribution in [0.1, 0.15) is 0 Å². The fraction of sp³-hybridized carbons (Fsp3) is 0.750. The smallest absolute Gasteiger partial charge is 0.418 e. The van der Waals surface area contributed by atoms with Crippen LogP contribution in [0.15, 0.2) is 0 Å². The molecular formula is C4H8NO6PS2. The van der Waals surface area contributed by atoms with E-state index < -0.39 is 34.6 Å². The lowest BCUT2D eigenvalue weighted by Crippen LogP contribution is -2.25. The molecule has 0 aliphatic carbocycles. The van der Waals surface area contributed by atoms with Gasteiger partial charge in [0.1, 0.15) is 0 Å². The molecular weight excluding hydrogens is 253 g/mol. The summed E-state index contributed by atoms with van der Waals surface area (Å²) in [5, 5.41) is 0. The van der Waals surface area contributed by atoms with Crippen LogP contribution in [0, 0.1) is 0 Å². The number of hydrogen-bond acceptors (Lipinski definition) is 5. The van der Waals surface area contributed by atoms with Crippen molar-refractivity contribution in [3.8, 4) is 0 Å². The van der Waals surface area contributed by atoms with Crippen LogP contribution in [0.2, 0.25) is 0 Å². The third-order valence-electron chi connectivity index (χ3n) is 1.56. The number of carbonyl (C=O) groups is 1. The summed E-state index contributed by atoms with van der Waals surface area (Å²) in [7, 11) is -3.56. The van der Waals surface area contributed by atoms with E-state index in [0.717, 1.165) is 6.26 Å². The molecule has 1 unspecified atom stereocenters. The molecule has 0 aromatic rings. The van der Waals surface area contributed by atoms with Gasteiger partial charge in [0, 0.05) is 6.26 Å². The summed E-state index contributed by atoms with van der Waals surface area (Å²) in [6.45, 7) is -4.39. The first-order valence-corrected chi connectivity index (χ1v) is 7.97. The molecule has 14 heavy (non-hydrogen) atoms. The molecule has 1 rings (SSSR count). The van der Waals surface area contributed by atoms with Gasteiger partial charge in [0.15, 0.2) is 9.84 Å². The molecule has 1 amide bonds. The topological polar surface area (TPSA) is 104 Å². The van der Waals surface area contributed by atoms with Crippen molar-refractivity contribution in [1.29, 1.82) is 0 Å². The first-order chi connectivity index (χ1) is 6.12. The molecule has 1 aliphatic heterocycles. The number of ether oxygens (including phenoxy) is 1. The van der Waals surface area contributed by atoms with E-state index in [9.17, 15) is 13.2 Å². The molecule has 1 heterocycles. The van der Waals surface area contributed by atoms with E-state index in [1.165, 1.54) is 0 Å². The lowest BCUT2D eigenvalue weighted by molar-refractivity contribution is 0.158. The van der Waals surface area contributed by atoms with E-state index in [1.54, 1.807) is 0 Å². The van der Waals surface area contributed by atoms with Gasteiger partial charge >= 0.3 is 6.09 Å². The van der Waals surface area contributed by atoms with Crippen molar-refractivity contribution in [2.24, 2.45) is 0 Å². The predicted octanol–water partition coefficient (Wildman–Crippen LogP) is -0.982. The SMILES string of the molecule is CS(=O)(=O)C1CN(P(O)(O)=S)C(=O)O1. The van der Waals surface area contributed by atoms with Crippen molar-refractivity contribution in [3.63, 3.8) is 0 Å². The highest BCUT2D eigenvalue weighted by Crippen LogP contribution is 2.43. The largest absolute Gasteiger partial charge is 0.427 e. The Bertz CT molecular complexity index is 398. The molecule has 0 bridgehead atoms. The zero-order chi connectivity index (χ0) is 11.1. The van der Waals surface area contributed by atoms with Gasteiger partial charge in [-0.2, -0.15) is 0 Å². The monoisotopic (exact) mass is 261 g/mol. The van der Waals surface area contributed by atoms with Gasteiger partial charge in [-0.25, -0.2) is 17.9 Å². The zero-order valence-electron chi connectivity index (χ0n) is 7.02. The number of cyclic esters (lactones) is 1. The molecule has 0 aromatic heterocycles.